The molecule has 1 heterocycles. The van der Waals surface area contributed by atoms with Crippen LogP contribution in [0, 0.1) is 0 Å². The number of aromatic nitrogens is 2. The Labute approximate surface area is 111 Å². The lowest BCUT2D eigenvalue weighted by molar-refractivity contribution is 0.182. The van der Waals surface area contributed by atoms with Gasteiger partial charge in [0.05, 0.1) is 18.8 Å². The van der Waals surface area contributed by atoms with Crippen LogP contribution in [0.1, 0.15) is 50.2 Å². The smallest absolute Gasteiger partial charge is 0.0672 e. The van der Waals surface area contributed by atoms with Crippen molar-refractivity contribution in [3.05, 3.63) is 17.0 Å². The van der Waals surface area contributed by atoms with E-state index in [1.165, 1.54) is 17.0 Å². The third-order valence-electron chi connectivity index (χ3n) is 3.46. The Morgan fingerprint density at radius 1 is 1.28 bits per heavy atom. The molecule has 0 fully saturated rings. The van der Waals surface area contributed by atoms with Crippen molar-refractivity contribution in [2.75, 3.05) is 20.8 Å². The van der Waals surface area contributed by atoms with E-state index in [1.54, 1.807) is 7.11 Å². The second-order valence-corrected chi connectivity index (χ2v) is 4.48. The van der Waals surface area contributed by atoms with Crippen molar-refractivity contribution in [1.82, 2.24) is 15.1 Å². The minimum Gasteiger partial charge on any atom is -0.383 e. The molecule has 18 heavy (non-hydrogen) atoms. The Morgan fingerprint density at radius 3 is 2.44 bits per heavy atom. The standard InChI is InChI=1S/C14H27N3O/c1-6-11(15-4)14-12(7-2)16-17(9-10-18-5)13(14)8-3/h11,15H,6-10H2,1-5H3. The molecule has 104 valence electrons. The Hall–Kier alpha value is -0.870. The molecule has 0 radical (unpaired) electrons. The Morgan fingerprint density at radius 2 is 2.00 bits per heavy atom. The lowest BCUT2D eigenvalue weighted by atomic mass is 9.99. The van der Waals surface area contributed by atoms with Crippen LogP contribution in [0.4, 0.5) is 0 Å². The van der Waals surface area contributed by atoms with E-state index >= 15 is 0 Å². The zero-order valence-corrected chi connectivity index (χ0v) is 12.4. The first-order valence-corrected chi connectivity index (χ1v) is 6.97. The summed E-state index contributed by atoms with van der Waals surface area (Å²) >= 11 is 0. The molecule has 0 saturated carbocycles. The highest BCUT2D eigenvalue weighted by Crippen LogP contribution is 2.25. The van der Waals surface area contributed by atoms with Gasteiger partial charge in [0.15, 0.2) is 0 Å². The van der Waals surface area contributed by atoms with Crippen LogP contribution >= 0.6 is 0 Å². The summed E-state index contributed by atoms with van der Waals surface area (Å²) in [4.78, 5) is 0. The van der Waals surface area contributed by atoms with Gasteiger partial charge in [-0.1, -0.05) is 20.8 Å². The van der Waals surface area contributed by atoms with Crippen LogP contribution in [0.5, 0.6) is 0 Å². The number of hydrogen-bond donors (Lipinski definition) is 1. The van der Waals surface area contributed by atoms with Gasteiger partial charge in [0, 0.05) is 24.4 Å². The number of aryl methyl sites for hydroxylation is 1. The summed E-state index contributed by atoms with van der Waals surface area (Å²) in [7, 11) is 3.76. The van der Waals surface area contributed by atoms with E-state index in [-0.39, 0.29) is 0 Å². The second-order valence-electron chi connectivity index (χ2n) is 4.48. The first-order valence-electron chi connectivity index (χ1n) is 6.97. The van der Waals surface area contributed by atoms with Crippen molar-refractivity contribution >= 4 is 0 Å². The maximum atomic E-state index is 5.16. The van der Waals surface area contributed by atoms with Crippen LogP contribution in [-0.2, 0) is 24.1 Å². The van der Waals surface area contributed by atoms with Gasteiger partial charge in [0.1, 0.15) is 0 Å². The zero-order chi connectivity index (χ0) is 13.5. The molecule has 0 saturated heterocycles. The number of nitrogens with one attached hydrogen (secondary N) is 1. The van der Waals surface area contributed by atoms with Crippen molar-refractivity contribution in [3.63, 3.8) is 0 Å². The molecule has 4 heteroatoms. The first kappa shape index (κ1) is 15.2. The number of ether oxygens (including phenoxy) is 1. The fraction of sp³-hybridized carbons (Fsp3) is 0.786. The summed E-state index contributed by atoms with van der Waals surface area (Å²) in [6.45, 7) is 8.15. The molecule has 0 aliphatic rings. The van der Waals surface area contributed by atoms with Gasteiger partial charge in [0.2, 0.25) is 0 Å². The highest BCUT2D eigenvalue weighted by Gasteiger charge is 2.21. The number of nitrogens with zero attached hydrogens (tertiary/aromatic N) is 2. The van der Waals surface area contributed by atoms with Gasteiger partial charge in [-0.25, -0.2) is 0 Å². The van der Waals surface area contributed by atoms with Gasteiger partial charge < -0.3 is 10.1 Å². The van der Waals surface area contributed by atoms with Crippen molar-refractivity contribution in [2.45, 2.75) is 52.6 Å². The monoisotopic (exact) mass is 253 g/mol. The van der Waals surface area contributed by atoms with E-state index in [9.17, 15) is 0 Å². The molecule has 1 unspecified atom stereocenters. The molecule has 0 aliphatic carbocycles. The largest absolute Gasteiger partial charge is 0.383 e. The highest BCUT2D eigenvalue weighted by molar-refractivity contribution is 5.30. The third-order valence-corrected chi connectivity index (χ3v) is 3.46. The summed E-state index contributed by atoms with van der Waals surface area (Å²) in [5.74, 6) is 0. The fourth-order valence-electron chi connectivity index (χ4n) is 2.52. The van der Waals surface area contributed by atoms with Crippen LogP contribution in [0.2, 0.25) is 0 Å². The Bertz CT molecular complexity index is 356. The van der Waals surface area contributed by atoms with E-state index in [1.807, 2.05) is 7.05 Å². The molecular weight excluding hydrogens is 226 g/mol. The van der Waals surface area contributed by atoms with Crippen LogP contribution in [0.3, 0.4) is 0 Å². The lowest BCUT2D eigenvalue weighted by Crippen LogP contribution is -2.18. The summed E-state index contributed by atoms with van der Waals surface area (Å²) in [6, 6.07) is 0.409. The van der Waals surface area contributed by atoms with E-state index in [0.717, 1.165) is 25.8 Å². The molecule has 0 amide bonds. The van der Waals surface area contributed by atoms with E-state index in [0.29, 0.717) is 12.6 Å². The lowest BCUT2D eigenvalue weighted by Gasteiger charge is -2.16. The van der Waals surface area contributed by atoms with Crippen molar-refractivity contribution in [3.8, 4) is 0 Å². The van der Waals surface area contributed by atoms with Gasteiger partial charge >= 0.3 is 0 Å². The van der Waals surface area contributed by atoms with Gasteiger partial charge in [-0.3, -0.25) is 4.68 Å². The molecule has 0 bridgehead atoms. The minimum atomic E-state index is 0.409. The molecule has 1 aromatic heterocycles. The molecular formula is C14H27N3O. The Balaban J connectivity index is 3.15. The molecule has 1 N–H and O–H groups in total. The van der Waals surface area contributed by atoms with Crippen LogP contribution in [-0.4, -0.2) is 30.5 Å². The summed E-state index contributed by atoms with van der Waals surface area (Å²) < 4.78 is 7.29. The number of methoxy groups -OCH3 is 1. The van der Waals surface area contributed by atoms with Crippen LogP contribution in [0.25, 0.3) is 0 Å². The average Bonchev–Trinajstić information content (AvgIpc) is 2.75. The van der Waals surface area contributed by atoms with E-state index in [4.69, 9.17) is 9.84 Å². The normalized spacial score (nSPS) is 12.9. The van der Waals surface area contributed by atoms with Gasteiger partial charge in [-0.15, -0.1) is 0 Å². The maximum absolute atomic E-state index is 5.16. The second kappa shape index (κ2) is 7.54. The molecule has 1 aromatic rings. The minimum absolute atomic E-state index is 0.409. The Kier molecular flexibility index (Phi) is 6.36. The number of rotatable bonds is 8. The average molecular weight is 253 g/mol. The summed E-state index contributed by atoms with van der Waals surface area (Å²) in [5, 5.41) is 8.15. The van der Waals surface area contributed by atoms with E-state index < -0.39 is 0 Å². The predicted molar refractivity (Wildman–Crippen MR) is 75.0 cm³/mol. The molecule has 4 nitrogen and oxygen atoms in total. The van der Waals surface area contributed by atoms with Crippen LogP contribution < -0.4 is 5.32 Å². The number of hydrogen-bond acceptors (Lipinski definition) is 3. The SMILES string of the molecule is CCc1nn(CCOC)c(CC)c1C(CC)NC. The zero-order valence-electron chi connectivity index (χ0n) is 12.4. The molecule has 1 rings (SSSR count). The summed E-state index contributed by atoms with van der Waals surface area (Å²) in [6.07, 6.45) is 3.09. The quantitative estimate of drug-likeness (QED) is 0.773. The highest BCUT2D eigenvalue weighted by atomic mass is 16.5. The first-order chi connectivity index (χ1) is 8.73. The molecule has 0 aliphatic heterocycles. The summed E-state index contributed by atoms with van der Waals surface area (Å²) in [5.41, 5.74) is 3.98. The van der Waals surface area contributed by atoms with Crippen LogP contribution in [0.15, 0.2) is 0 Å². The van der Waals surface area contributed by atoms with Crippen molar-refractivity contribution in [2.24, 2.45) is 0 Å². The van der Waals surface area contributed by atoms with Gasteiger partial charge in [-0.2, -0.15) is 5.10 Å². The van der Waals surface area contributed by atoms with Crippen molar-refractivity contribution < 1.29 is 4.74 Å². The predicted octanol–water partition coefficient (Wildman–Crippen LogP) is 2.32. The topological polar surface area (TPSA) is 39.1 Å². The van der Waals surface area contributed by atoms with E-state index in [2.05, 4.69) is 30.8 Å². The van der Waals surface area contributed by atoms with Gasteiger partial charge in [0.25, 0.3) is 0 Å². The van der Waals surface area contributed by atoms with Gasteiger partial charge in [-0.05, 0) is 26.3 Å². The fourth-order valence-corrected chi connectivity index (χ4v) is 2.52. The van der Waals surface area contributed by atoms with Crippen molar-refractivity contribution in [1.29, 1.82) is 0 Å². The molecule has 0 spiro atoms. The molecule has 0 aromatic carbocycles. The third kappa shape index (κ3) is 3.12. The molecule has 1 atom stereocenters. The maximum Gasteiger partial charge on any atom is 0.0672 e.